The van der Waals surface area contributed by atoms with Crippen LogP contribution in [0.5, 0.6) is 0 Å². The van der Waals surface area contributed by atoms with E-state index in [9.17, 15) is 0 Å². The lowest BCUT2D eigenvalue weighted by molar-refractivity contribution is 0.537. The Morgan fingerprint density at radius 1 is 0.947 bits per heavy atom. The van der Waals surface area contributed by atoms with E-state index in [2.05, 4.69) is 69.2 Å². The lowest BCUT2D eigenvalue weighted by atomic mass is 10.0. The molecule has 0 saturated carbocycles. The largest absolute Gasteiger partial charge is 0.372 e. The molecule has 1 aromatic rings. The van der Waals surface area contributed by atoms with Crippen molar-refractivity contribution in [1.29, 1.82) is 0 Å². The standard InChI is InChI=1S/C17H30N2/c1-6-15(7-2)19(5)16-12-10-14(11-13-16)17(8-3)18-9-4/h10-13,15,17-18H,6-9H2,1-5H3. The first-order chi connectivity index (χ1) is 9.17. The van der Waals surface area contributed by atoms with E-state index in [1.54, 1.807) is 0 Å². The molecule has 2 nitrogen and oxygen atoms in total. The molecule has 19 heavy (non-hydrogen) atoms. The first kappa shape index (κ1) is 16.0. The highest BCUT2D eigenvalue weighted by Crippen LogP contribution is 2.23. The second-order valence-electron chi connectivity index (χ2n) is 5.19. The molecule has 0 aliphatic rings. The van der Waals surface area contributed by atoms with Gasteiger partial charge in [0.15, 0.2) is 0 Å². The lowest BCUT2D eigenvalue weighted by Crippen LogP contribution is -2.30. The quantitative estimate of drug-likeness (QED) is 0.748. The maximum atomic E-state index is 3.53. The summed E-state index contributed by atoms with van der Waals surface area (Å²) >= 11 is 0. The zero-order valence-corrected chi connectivity index (χ0v) is 13.2. The summed E-state index contributed by atoms with van der Waals surface area (Å²) in [5, 5.41) is 3.53. The van der Waals surface area contributed by atoms with E-state index in [-0.39, 0.29) is 0 Å². The molecule has 0 aliphatic carbocycles. The first-order valence-corrected chi connectivity index (χ1v) is 7.73. The van der Waals surface area contributed by atoms with Gasteiger partial charge in [0.05, 0.1) is 0 Å². The van der Waals surface area contributed by atoms with Crippen LogP contribution in [0.3, 0.4) is 0 Å². The number of rotatable bonds is 8. The van der Waals surface area contributed by atoms with Gasteiger partial charge in [-0.2, -0.15) is 0 Å². The van der Waals surface area contributed by atoms with Crippen LogP contribution >= 0.6 is 0 Å². The topological polar surface area (TPSA) is 15.3 Å². The van der Waals surface area contributed by atoms with E-state index < -0.39 is 0 Å². The van der Waals surface area contributed by atoms with Gasteiger partial charge in [0.25, 0.3) is 0 Å². The molecule has 0 amide bonds. The molecule has 1 N–H and O–H groups in total. The van der Waals surface area contributed by atoms with E-state index in [0.717, 1.165) is 13.0 Å². The summed E-state index contributed by atoms with van der Waals surface area (Å²) in [5.74, 6) is 0. The van der Waals surface area contributed by atoms with Crippen LogP contribution in [0.25, 0.3) is 0 Å². The fourth-order valence-corrected chi connectivity index (χ4v) is 2.73. The number of anilines is 1. The Kier molecular flexibility index (Phi) is 6.93. The number of nitrogens with one attached hydrogen (secondary N) is 1. The van der Waals surface area contributed by atoms with Gasteiger partial charge in [0.2, 0.25) is 0 Å². The molecular weight excluding hydrogens is 232 g/mol. The molecule has 0 heterocycles. The van der Waals surface area contributed by atoms with Gasteiger partial charge in [-0.15, -0.1) is 0 Å². The zero-order chi connectivity index (χ0) is 14.3. The van der Waals surface area contributed by atoms with Crippen molar-refractivity contribution >= 4 is 5.69 Å². The van der Waals surface area contributed by atoms with Gasteiger partial charge in [-0.25, -0.2) is 0 Å². The second-order valence-corrected chi connectivity index (χ2v) is 5.19. The summed E-state index contributed by atoms with van der Waals surface area (Å²) in [6.45, 7) is 9.94. The van der Waals surface area contributed by atoms with Crippen LogP contribution in [0.4, 0.5) is 5.69 Å². The Labute approximate surface area is 119 Å². The van der Waals surface area contributed by atoms with Crippen LogP contribution in [-0.2, 0) is 0 Å². The molecule has 0 saturated heterocycles. The summed E-state index contributed by atoms with van der Waals surface area (Å²) in [6, 6.07) is 10.2. The van der Waals surface area contributed by atoms with Crippen LogP contribution < -0.4 is 10.2 Å². The highest BCUT2D eigenvalue weighted by atomic mass is 15.1. The summed E-state index contributed by atoms with van der Waals surface area (Å²) in [6.07, 6.45) is 3.53. The first-order valence-electron chi connectivity index (χ1n) is 7.73. The molecule has 108 valence electrons. The van der Waals surface area contributed by atoms with Crippen LogP contribution in [0.2, 0.25) is 0 Å². The minimum absolute atomic E-state index is 0.484. The average Bonchev–Trinajstić information content (AvgIpc) is 2.46. The van der Waals surface area contributed by atoms with E-state index >= 15 is 0 Å². The summed E-state index contributed by atoms with van der Waals surface area (Å²) in [7, 11) is 2.20. The Morgan fingerprint density at radius 3 is 1.95 bits per heavy atom. The summed E-state index contributed by atoms with van der Waals surface area (Å²) in [4.78, 5) is 2.40. The number of hydrogen-bond donors (Lipinski definition) is 1. The van der Waals surface area contributed by atoms with E-state index in [1.807, 2.05) is 0 Å². The normalized spacial score (nSPS) is 12.7. The SMILES string of the molecule is CCNC(CC)c1ccc(N(C)C(CC)CC)cc1. The van der Waals surface area contributed by atoms with Crippen molar-refractivity contribution in [2.24, 2.45) is 0 Å². The molecular formula is C17H30N2. The third kappa shape index (κ3) is 4.24. The average molecular weight is 262 g/mol. The van der Waals surface area contributed by atoms with Crippen LogP contribution in [0.1, 0.15) is 58.6 Å². The molecule has 2 heteroatoms. The Bertz CT molecular complexity index is 341. The molecule has 1 atom stereocenters. The highest BCUT2D eigenvalue weighted by Gasteiger charge is 2.12. The van der Waals surface area contributed by atoms with Gasteiger partial charge >= 0.3 is 0 Å². The maximum Gasteiger partial charge on any atom is 0.0366 e. The highest BCUT2D eigenvalue weighted by molar-refractivity contribution is 5.48. The van der Waals surface area contributed by atoms with Gasteiger partial charge < -0.3 is 10.2 Å². The molecule has 1 rings (SSSR count). The zero-order valence-electron chi connectivity index (χ0n) is 13.2. The predicted molar refractivity (Wildman–Crippen MR) is 85.9 cm³/mol. The fourth-order valence-electron chi connectivity index (χ4n) is 2.73. The molecule has 1 aromatic carbocycles. The van der Waals surface area contributed by atoms with Crippen molar-refractivity contribution in [1.82, 2.24) is 5.32 Å². The van der Waals surface area contributed by atoms with Crippen molar-refractivity contribution in [2.45, 2.75) is 59.0 Å². The third-order valence-corrected chi connectivity index (χ3v) is 4.05. The Balaban J connectivity index is 2.80. The van der Waals surface area contributed by atoms with Gasteiger partial charge in [0, 0.05) is 24.8 Å². The number of hydrogen-bond acceptors (Lipinski definition) is 2. The Hall–Kier alpha value is -1.02. The molecule has 0 fully saturated rings. The number of benzene rings is 1. The van der Waals surface area contributed by atoms with E-state index in [1.165, 1.54) is 24.1 Å². The molecule has 0 aliphatic heterocycles. The van der Waals surface area contributed by atoms with Gasteiger partial charge in [-0.3, -0.25) is 0 Å². The van der Waals surface area contributed by atoms with E-state index in [0.29, 0.717) is 12.1 Å². The van der Waals surface area contributed by atoms with Gasteiger partial charge in [0.1, 0.15) is 0 Å². The predicted octanol–water partition coefficient (Wildman–Crippen LogP) is 4.37. The Morgan fingerprint density at radius 2 is 1.53 bits per heavy atom. The number of nitrogens with zero attached hydrogens (tertiary/aromatic N) is 1. The monoisotopic (exact) mass is 262 g/mol. The van der Waals surface area contributed by atoms with Crippen molar-refractivity contribution in [3.05, 3.63) is 29.8 Å². The molecule has 0 aromatic heterocycles. The van der Waals surface area contributed by atoms with Gasteiger partial charge in [-0.1, -0.05) is 39.8 Å². The lowest BCUT2D eigenvalue weighted by Gasteiger charge is -2.29. The van der Waals surface area contributed by atoms with Crippen molar-refractivity contribution in [3.63, 3.8) is 0 Å². The summed E-state index contributed by atoms with van der Waals surface area (Å²) < 4.78 is 0. The van der Waals surface area contributed by atoms with Crippen molar-refractivity contribution in [2.75, 3.05) is 18.5 Å². The molecule has 1 unspecified atom stereocenters. The molecule has 0 bridgehead atoms. The molecule has 0 spiro atoms. The van der Waals surface area contributed by atoms with Crippen molar-refractivity contribution < 1.29 is 0 Å². The minimum atomic E-state index is 0.484. The van der Waals surface area contributed by atoms with Crippen molar-refractivity contribution in [3.8, 4) is 0 Å². The second kappa shape index (κ2) is 8.21. The van der Waals surface area contributed by atoms with Crippen LogP contribution in [-0.4, -0.2) is 19.6 Å². The fraction of sp³-hybridized carbons (Fsp3) is 0.647. The maximum absolute atomic E-state index is 3.53. The smallest absolute Gasteiger partial charge is 0.0366 e. The summed E-state index contributed by atoms with van der Waals surface area (Å²) in [5.41, 5.74) is 2.72. The van der Waals surface area contributed by atoms with Gasteiger partial charge in [-0.05, 0) is 43.5 Å². The minimum Gasteiger partial charge on any atom is -0.372 e. The van der Waals surface area contributed by atoms with E-state index in [4.69, 9.17) is 0 Å². The van der Waals surface area contributed by atoms with Crippen LogP contribution in [0.15, 0.2) is 24.3 Å². The van der Waals surface area contributed by atoms with Crippen LogP contribution in [0, 0.1) is 0 Å². The third-order valence-electron chi connectivity index (χ3n) is 4.05. The molecule has 0 radical (unpaired) electrons.